The molecular formula is C25H27N5O4. The van der Waals surface area contributed by atoms with E-state index in [1.165, 1.54) is 0 Å². The zero-order valence-electron chi connectivity index (χ0n) is 20.1. The highest BCUT2D eigenvalue weighted by Crippen LogP contribution is 2.35. The molecule has 9 nitrogen and oxygen atoms in total. The van der Waals surface area contributed by atoms with Gasteiger partial charge >= 0.3 is 0 Å². The summed E-state index contributed by atoms with van der Waals surface area (Å²) >= 11 is 0. The van der Waals surface area contributed by atoms with E-state index < -0.39 is 0 Å². The molecule has 0 aliphatic heterocycles. The third-order valence-electron chi connectivity index (χ3n) is 5.77. The highest BCUT2D eigenvalue weighted by molar-refractivity contribution is 6.03. The van der Waals surface area contributed by atoms with Gasteiger partial charge in [-0.2, -0.15) is 5.10 Å². The van der Waals surface area contributed by atoms with Crippen LogP contribution in [0.4, 0.5) is 5.69 Å². The van der Waals surface area contributed by atoms with Gasteiger partial charge in [-0.1, -0.05) is 12.1 Å². The molecule has 176 valence electrons. The summed E-state index contributed by atoms with van der Waals surface area (Å²) in [5.41, 5.74) is 6.44. The van der Waals surface area contributed by atoms with Gasteiger partial charge in [0.2, 0.25) is 0 Å². The maximum Gasteiger partial charge on any atom is 0.278 e. The van der Waals surface area contributed by atoms with Gasteiger partial charge in [-0.05, 0) is 61.7 Å². The van der Waals surface area contributed by atoms with Crippen molar-refractivity contribution in [3.63, 3.8) is 0 Å². The van der Waals surface area contributed by atoms with E-state index in [-0.39, 0.29) is 18.2 Å². The van der Waals surface area contributed by atoms with E-state index in [4.69, 9.17) is 14.2 Å². The summed E-state index contributed by atoms with van der Waals surface area (Å²) in [7, 11) is 4.77. The highest BCUT2D eigenvalue weighted by Gasteiger charge is 2.23. The second-order valence-corrected chi connectivity index (χ2v) is 7.95. The normalized spacial score (nSPS) is 11.0. The molecular weight excluding hydrogens is 434 g/mol. The molecule has 0 saturated heterocycles. The summed E-state index contributed by atoms with van der Waals surface area (Å²) in [6.45, 7) is 6.07. The van der Waals surface area contributed by atoms with Crippen molar-refractivity contribution in [1.82, 2.24) is 19.8 Å². The van der Waals surface area contributed by atoms with Gasteiger partial charge in [0.1, 0.15) is 0 Å². The average Bonchev–Trinajstić information content (AvgIpc) is 3.20. The van der Waals surface area contributed by atoms with Crippen molar-refractivity contribution in [3.8, 4) is 22.6 Å². The van der Waals surface area contributed by atoms with Crippen molar-refractivity contribution in [3.05, 3.63) is 64.6 Å². The number of benzene rings is 2. The molecule has 2 aromatic heterocycles. The zero-order chi connectivity index (χ0) is 24.4. The first kappa shape index (κ1) is 23.2. The van der Waals surface area contributed by atoms with Crippen LogP contribution < -0.4 is 14.8 Å². The summed E-state index contributed by atoms with van der Waals surface area (Å²) in [5, 5.41) is 16.2. The maximum absolute atomic E-state index is 13.0. The number of hydrogen-bond acceptors (Lipinski definition) is 7. The van der Waals surface area contributed by atoms with E-state index in [1.54, 1.807) is 32.8 Å². The molecule has 9 heteroatoms. The standard InChI is InChI=1S/C25H27N5O4/c1-14-7-9-18(11-15(14)2)26-25(31)23-16(3)30-24(28-27-23)22(19(29-30)13-32-4)17-8-10-20(33-5)21(12-17)34-6/h7-12H,13H2,1-6H3,(H,26,31). The molecule has 34 heavy (non-hydrogen) atoms. The number of methoxy groups -OCH3 is 3. The molecule has 1 N–H and O–H groups in total. The van der Waals surface area contributed by atoms with E-state index in [1.807, 2.05) is 50.2 Å². The lowest BCUT2D eigenvalue weighted by atomic mass is 10.1. The van der Waals surface area contributed by atoms with Crippen molar-refractivity contribution in [2.24, 2.45) is 0 Å². The van der Waals surface area contributed by atoms with Gasteiger partial charge in [-0.15, -0.1) is 10.2 Å². The maximum atomic E-state index is 13.0. The topological polar surface area (TPSA) is 99.9 Å². The number of nitrogens with zero attached hydrogens (tertiary/aromatic N) is 4. The number of amides is 1. The molecule has 0 spiro atoms. The molecule has 0 aliphatic carbocycles. The summed E-state index contributed by atoms with van der Waals surface area (Å²) in [6, 6.07) is 11.3. The highest BCUT2D eigenvalue weighted by atomic mass is 16.5. The van der Waals surface area contributed by atoms with Crippen LogP contribution in [0.1, 0.15) is 33.0 Å². The van der Waals surface area contributed by atoms with Crippen molar-refractivity contribution in [2.75, 3.05) is 26.6 Å². The number of carbonyl (C=O) groups excluding carboxylic acids is 1. The molecule has 2 aromatic carbocycles. The number of ether oxygens (including phenoxy) is 3. The Balaban J connectivity index is 1.79. The first-order valence-electron chi connectivity index (χ1n) is 10.7. The molecule has 4 aromatic rings. The Morgan fingerprint density at radius 3 is 2.38 bits per heavy atom. The average molecular weight is 462 g/mol. The summed E-state index contributed by atoms with van der Waals surface area (Å²) in [6.07, 6.45) is 0. The number of hydrogen-bond donors (Lipinski definition) is 1. The second-order valence-electron chi connectivity index (χ2n) is 7.95. The summed E-state index contributed by atoms with van der Waals surface area (Å²) < 4.78 is 17.8. The Hall–Kier alpha value is -3.98. The zero-order valence-corrected chi connectivity index (χ0v) is 20.1. The molecule has 0 aliphatic rings. The van der Waals surface area contributed by atoms with Crippen molar-refractivity contribution < 1.29 is 19.0 Å². The number of rotatable bonds is 7. The van der Waals surface area contributed by atoms with Crippen LogP contribution in [0, 0.1) is 20.8 Å². The van der Waals surface area contributed by atoms with E-state index >= 15 is 0 Å². The van der Waals surface area contributed by atoms with Crippen LogP contribution in [0.5, 0.6) is 11.5 Å². The van der Waals surface area contributed by atoms with Crippen LogP contribution in [0.3, 0.4) is 0 Å². The molecule has 2 heterocycles. The van der Waals surface area contributed by atoms with Gasteiger partial charge in [0.15, 0.2) is 22.8 Å². The van der Waals surface area contributed by atoms with Crippen molar-refractivity contribution >= 4 is 17.2 Å². The van der Waals surface area contributed by atoms with Gasteiger partial charge in [-0.3, -0.25) is 4.79 Å². The van der Waals surface area contributed by atoms with Gasteiger partial charge in [0, 0.05) is 12.8 Å². The number of fused-ring (bicyclic) bond motifs is 1. The second kappa shape index (κ2) is 9.48. The Morgan fingerprint density at radius 2 is 1.71 bits per heavy atom. The third-order valence-corrected chi connectivity index (χ3v) is 5.77. The lowest BCUT2D eigenvalue weighted by Gasteiger charge is -2.10. The Labute approximate surface area is 197 Å². The SMILES string of the molecule is COCc1nn2c(C)c(C(=O)Nc3ccc(C)c(C)c3)nnc2c1-c1ccc(OC)c(OC)c1. The monoisotopic (exact) mass is 461 g/mol. The van der Waals surface area contributed by atoms with E-state index in [2.05, 4.69) is 20.6 Å². The Morgan fingerprint density at radius 1 is 0.941 bits per heavy atom. The lowest BCUT2D eigenvalue weighted by Crippen LogP contribution is -2.18. The minimum atomic E-state index is -0.355. The van der Waals surface area contributed by atoms with Crippen LogP contribution in [-0.2, 0) is 11.3 Å². The van der Waals surface area contributed by atoms with Crippen LogP contribution >= 0.6 is 0 Å². The van der Waals surface area contributed by atoms with Gasteiger partial charge in [0.05, 0.1) is 37.8 Å². The number of nitrogens with one attached hydrogen (secondary N) is 1. The molecule has 4 rings (SSSR count). The number of aryl methyl sites for hydroxylation is 3. The molecule has 0 radical (unpaired) electrons. The number of carbonyl (C=O) groups is 1. The summed E-state index contributed by atoms with van der Waals surface area (Å²) in [5.74, 6) is 0.840. The van der Waals surface area contributed by atoms with Gasteiger partial charge < -0.3 is 19.5 Å². The first-order valence-corrected chi connectivity index (χ1v) is 10.7. The number of anilines is 1. The third kappa shape index (κ3) is 4.17. The molecule has 1 amide bonds. The minimum absolute atomic E-state index is 0.191. The minimum Gasteiger partial charge on any atom is -0.493 e. The summed E-state index contributed by atoms with van der Waals surface area (Å²) in [4.78, 5) is 13.0. The van der Waals surface area contributed by atoms with Gasteiger partial charge in [-0.25, -0.2) is 4.52 Å². The van der Waals surface area contributed by atoms with Crippen molar-refractivity contribution in [2.45, 2.75) is 27.4 Å². The fourth-order valence-corrected chi connectivity index (χ4v) is 3.79. The molecule has 0 atom stereocenters. The molecule has 0 fully saturated rings. The van der Waals surface area contributed by atoms with Gasteiger partial charge in [0.25, 0.3) is 5.91 Å². The largest absolute Gasteiger partial charge is 0.493 e. The smallest absolute Gasteiger partial charge is 0.278 e. The van der Waals surface area contributed by atoms with Crippen LogP contribution in [0.15, 0.2) is 36.4 Å². The predicted molar refractivity (Wildman–Crippen MR) is 129 cm³/mol. The molecule has 0 saturated carbocycles. The van der Waals surface area contributed by atoms with Crippen LogP contribution in [0.25, 0.3) is 16.8 Å². The van der Waals surface area contributed by atoms with E-state index in [0.717, 1.165) is 22.3 Å². The molecule has 0 unspecified atom stereocenters. The Kier molecular flexibility index (Phi) is 6.47. The fraction of sp³-hybridized carbons (Fsp3) is 0.280. The lowest BCUT2D eigenvalue weighted by molar-refractivity contribution is 0.102. The molecule has 0 bridgehead atoms. The first-order chi connectivity index (χ1) is 16.4. The van der Waals surface area contributed by atoms with Crippen LogP contribution in [0.2, 0.25) is 0 Å². The van der Waals surface area contributed by atoms with Crippen LogP contribution in [-0.4, -0.2) is 47.0 Å². The van der Waals surface area contributed by atoms with E-state index in [0.29, 0.717) is 34.2 Å². The van der Waals surface area contributed by atoms with Crippen molar-refractivity contribution in [1.29, 1.82) is 0 Å². The number of aromatic nitrogens is 4. The fourth-order valence-electron chi connectivity index (χ4n) is 3.79. The quantitative estimate of drug-likeness (QED) is 0.442. The predicted octanol–water partition coefficient (Wildman–Crippen LogP) is 4.13. The Bertz CT molecular complexity index is 1380. The van der Waals surface area contributed by atoms with E-state index in [9.17, 15) is 4.79 Å².